The van der Waals surface area contributed by atoms with Gasteiger partial charge in [0, 0.05) is 0 Å². The largest absolute Gasteiger partial charge is 0.486 e. The Balaban J connectivity index is 1.63. The average molecular weight is 327 g/mol. The number of thiazole rings is 1. The van der Waals surface area contributed by atoms with Crippen molar-refractivity contribution >= 4 is 27.5 Å². The number of carbonyl (C=O) groups excluding carboxylic acids is 1. The van der Waals surface area contributed by atoms with Crippen LogP contribution in [0.3, 0.4) is 0 Å². The number of aromatic nitrogens is 1. The molecule has 1 heterocycles. The number of hydrogen-bond donors (Lipinski definition) is 0. The fourth-order valence-corrected chi connectivity index (χ4v) is 2.98. The summed E-state index contributed by atoms with van der Waals surface area (Å²) in [5, 5.41) is 0.925. The van der Waals surface area contributed by atoms with Crippen molar-refractivity contribution in [2.45, 2.75) is 26.6 Å². The molecule has 0 fully saturated rings. The highest BCUT2D eigenvalue weighted by atomic mass is 32.1. The molecule has 4 nitrogen and oxygen atoms in total. The number of fused-ring (bicyclic) bond motifs is 1. The van der Waals surface area contributed by atoms with Crippen LogP contribution in [0.2, 0.25) is 0 Å². The molecule has 0 N–H and O–H groups in total. The first-order valence-electron chi connectivity index (χ1n) is 7.40. The number of rotatable bonds is 5. The van der Waals surface area contributed by atoms with Crippen molar-refractivity contribution in [1.29, 1.82) is 0 Å². The number of carbonyl (C=O) groups is 1. The van der Waals surface area contributed by atoms with Gasteiger partial charge in [0.25, 0.3) is 0 Å². The lowest BCUT2D eigenvalue weighted by Crippen LogP contribution is -2.11. The molecule has 0 aliphatic rings. The number of benzene rings is 2. The summed E-state index contributed by atoms with van der Waals surface area (Å²) in [5.41, 5.74) is 1.51. The van der Waals surface area contributed by atoms with Gasteiger partial charge < -0.3 is 9.47 Å². The molecule has 0 unspecified atom stereocenters. The molecule has 5 heteroatoms. The molecule has 23 heavy (non-hydrogen) atoms. The highest BCUT2D eigenvalue weighted by Crippen LogP contribution is 2.23. The van der Waals surface area contributed by atoms with Crippen molar-refractivity contribution < 1.29 is 14.3 Å². The summed E-state index contributed by atoms with van der Waals surface area (Å²) < 4.78 is 12.0. The number of para-hydroxylation sites is 1. The van der Waals surface area contributed by atoms with Gasteiger partial charge in [0.2, 0.25) is 0 Å². The molecule has 0 atom stereocenters. The zero-order chi connectivity index (χ0) is 16.2. The molecule has 3 aromatic rings. The van der Waals surface area contributed by atoms with Gasteiger partial charge in [-0.1, -0.05) is 12.1 Å². The topological polar surface area (TPSA) is 48.4 Å². The van der Waals surface area contributed by atoms with Crippen LogP contribution >= 0.6 is 11.3 Å². The second-order valence-electron chi connectivity index (χ2n) is 5.34. The summed E-state index contributed by atoms with van der Waals surface area (Å²) >= 11 is 1.62. The van der Waals surface area contributed by atoms with Crippen molar-refractivity contribution in [3.63, 3.8) is 0 Å². The standard InChI is InChI=1S/C18H17NO3S/c1-12(2)22-18(20)13-7-9-14(10-8-13)21-11-17-19-15-5-3-4-6-16(15)23-17/h3-10,12H,11H2,1-2H3. The van der Waals surface area contributed by atoms with Crippen molar-refractivity contribution in [1.82, 2.24) is 4.98 Å². The van der Waals surface area contributed by atoms with Crippen LogP contribution in [0.15, 0.2) is 48.5 Å². The first-order chi connectivity index (χ1) is 11.1. The van der Waals surface area contributed by atoms with Gasteiger partial charge in [-0.25, -0.2) is 9.78 Å². The van der Waals surface area contributed by atoms with Gasteiger partial charge in [-0.15, -0.1) is 11.3 Å². The van der Waals surface area contributed by atoms with E-state index in [1.165, 1.54) is 0 Å². The van der Waals surface area contributed by atoms with Crippen LogP contribution < -0.4 is 4.74 Å². The summed E-state index contributed by atoms with van der Waals surface area (Å²) in [7, 11) is 0. The van der Waals surface area contributed by atoms with Crippen LogP contribution in [-0.2, 0) is 11.3 Å². The normalized spacial score (nSPS) is 10.9. The van der Waals surface area contributed by atoms with Gasteiger partial charge in [0.1, 0.15) is 17.4 Å². The quantitative estimate of drug-likeness (QED) is 0.650. The van der Waals surface area contributed by atoms with Crippen LogP contribution in [0.5, 0.6) is 5.75 Å². The molecule has 0 saturated heterocycles. The Morgan fingerprint density at radius 2 is 1.87 bits per heavy atom. The maximum absolute atomic E-state index is 11.8. The molecular formula is C18H17NO3S. The smallest absolute Gasteiger partial charge is 0.338 e. The van der Waals surface area contributed by atoms with E-state index in [1.54, 1.807) is 35.6 Å². The number of esters is 1. The second-order valence-corrected chi connectivity index (χ2v) is 6.46. The van der Waals surface area contributed by atoms with Gasteiger partial charge >= 0.3 is 5.97 Å². The van der Waals surface area contributed by atoms with E-state index in [2.05, 4.69) is 4.98 Å². The van der Waals surface area contributed by atoms with Gasteiger partial charge in [-0.05, 0) is 50.2 Å². The van der Waals surface area contributed by atoms with Gasteiger partial charge in [-0.2, -0.15) is 0 Å². The lowest BCUT2D eigenvalue weighted by molar-refractivity contribution is 0.0378. The van der Waals surface area contributed by atoms with Crippen molar-refractivity contribution in [2.24, 2.45) is 0 Å². The predicted molar refractivity (Wildman–Crippen MR) is 90.9 cm³/mol. The first-order valence-corrected chi connectivity index (χ1v) is 8.22. The second kappa shape index (κ2) is 6.79. The molecular weight excluding hydrogens is 310 g/mol. The van der Waals surface area contributed by atoms with Gasteiger partial charge in [-0.3, -0.25) is 0 Å². The zero-order valence-corrected chi connectivity index (χ0v) is 13.8. The molecule has 0 saturated carbocycles. The molecule has 118 valence electrons. The van der Waals surface area contributed by atoms with Crippen LogP contribution in [0.4, 0.5) is 0 Å². The predicted octanol–water partition coefficient (Wildman–Crippen LogP) is 4.44. The Bertz CT molecular complexity index is 776. The fourth-order valence-electron chi connectivity index (χ4n) is 2.10. The molecule has 2 aromatic carbocycles. The number of ether oxygens (including phenoxy) is 2. The van der Waals surface area contributed by atoms with E-state index >= 15 is 0 Å². The summed E-state index contributed by atoms with van der Waals surface area (Å²) in [5.74, 6) is 0.378. The molecule has 0 bridgehead atoms. The van der Waals surface area contributed by atoms with E-state index in [4.69, 9.17) is 9.47 Å². The highest BCUT2D eigenvalue weighted by molar-refractivity contribution is 7.18. The highest BCUT2D eigenvalue weighted by Gasteiger charge is 2.09. The molecule has 0 amide bonds. The summed E-state index contributed by atoms with van der Waals surface area (Å²) in [6.07, 6.45) is -0.127. The Morgan fingerprint density at radius 3 is 2.57 bits per heavy atom. The van der Waals surface area contributed by atoms with E-state index in [1.807, 2.05) is 38.1 Å². The third kappa shape index (κ3) is 3.87. The average Bonchev–Trinajstić information content (AvgIpc) is 2.95. The Hall–Kier alpha value is -2.40. The maximum Gasteiger partial charge on any atom is 0.338 e. The lowest BCUT2D eigenvalue weighted by Gasteiger charge is -2.08. The monoisotopic (exact) mass is 327 g/mol. The van der Waals surface area contributed by atoms with Crippen LogP contribution in [0, 0.1) is 0 Å². The molecule has 0 aliphatic heterocycles. The Labute approximate surface area is 138 Å². The van der Waals surface area contributed by atoms with E-state index in [0.717, 1.165) is 15.2 Å². The van der Waals surface area contributed by atoms with Crippen LogP contribution in [-0.4, -0.2) is 17.1 Å². The van der Waals surface area contributed by atoms with Crippen molar-refractivity contribution in [3.8, 4) is 5.75 Å². The Morgan fingerprint density at radius 1 is 1.13 bits per heavy atom. The number of nitrogens with zero attached hydrogens (tertiary/aromatic N) is 1. The fraction of sp³-hybridized carbons (Fsp3) is 0.222. The van der Waals surface area contributed by atoms with Crippen molar-refractivity contribution in [2.75, 3.05) is 0 Å². The summed E-state index contributed by atoms with van der Waals surface area (Å²) in [6, 6.07) is 15.0. The third-order valence-corrected chi connectivity index (χ3v) is 4.14. The molecule has 0 spiro atoms. The Kier molecular flexibility index (Phi) is 4.57. The first kappa shape index (κ1) is 15.5. The molecule has 0 radical (unpaired) electrons. The minimum absolute atomic E-state index is 0.127. The van der Waals surface area contributed by atoms with Crippen molar-refractivity contribution in [3.05, 3.63) is 59.1 Å². The van der Waals surface area contributed by atoms with E-state index in [0.29, 0.717) is 17.9 Å². The van der Waals surface area contributed by atoms with Crippen LogP contribution in [0.25, 0.3) is 10.2 Å². The van der Waals surface area contributed by atoms with Crippen LogP contribution in [0.1, 0.15) is 29.2 Å². The van der Waals surface area contributed by atoms with Gasteiger partial charge in [0.05, 0.1) is 21.9 Å². The summed E-state index contributed by atoms with van der Waals surface area (Å²) in [4.78, 5) is 16.3. The third-order valence-electron chi connectivity index (χ3n) is 3.13. The number of hydrogen-bond acceptors (Lipinski definition) is 5. The SMILES string of the molecule is CC(C)OC(=O)c1ccc(OCc2nc3ccccc3s2)cc1. The van der Waals surface area contributed by atoms with Gasteiger partial charge in [0.15, 0.2) is 0 Å². The summed E-state index contributed by atoms with van der Waals surface area (Å²) in [6.45, 7) is 4.07. The molecule has 1 aromatic heterocycles. The van der Waals surface area contributed by atoms with E-state index in [-0.39, 0.29) is 12.1 Å². The minimum Gasteiger partial charge on any atom is -0.486 e. The zero-order valence-electron chi connectivity index (χ0n) is 13.0. The lowest BCUT2D eigenvalue weighted by atomic mass is 10.2. The maximum atomic E-state index is 11.8. The van der Waals surface area contributed by atoms with E-state index < -0.39 is 0 Å². The minimum atomic E-state index is -0.322. The van der Waals surface area contributed by atoms with E-state index in [9.17, 15) is 4.79 Å². The molecule has 3 rings (SSSR count). The molecule has 0 aliphatic carbocycles.